The average molecular weight is 250 g/mol. The minimum Gasteiger partial charge on any atom is -0.462 e. The van der Waals surface area contributed by atoms with Gasteiger partial charge in [-0.1, -0.05) is 30.2 Å². The van der Waals surface area contributed by atoms with E-state index in [2.05, 4.69) is 5.92 Å². The summed E-state index contributed by atoms with van der Waals surface area (Å²) < 4.78 is 4.94. The number of rotatable bonds is 3. The lowest BCUT2D eigenvalue weighted by Crippen LogP contribution is -2.03. The number of carbonyl (C=O) groups is 1. The highest BCUT2D eigenvalue weighted by atomic mass is 16.5. The molecule has 0 heterocycles. The van der Waals surface area contributed by atoms with Crippen LogP contribution in [-0.4, -0.2) is 12.6 Å². The van der Waals surface area contributed by atoms with Crippen molar-refractivity contribution in [3.8, 4) is 23.5 Å². The highest BCUT2D eigenvalue weighted by Gasteiger charge is 2.06. The number of carbonyl (C=O) groups excluding carboxylic acids is 1. The van der Waals surface area contributed by atoms with E-state index in [0.29, 0.717) is 12.2 Å². The Morgan fingerprint density at radius 1 is 1.05 bits per heavy atom. The standard InChI is InChI=1S/C17H14O2/c1-3-13-5-7-14(8-6-13)15-9-11-16(12-10-15)17(18)19-4-2/h1,5-12H,4H2,2H3. The van der Waals surface area contributed by atoms with Crippen LogP contribution in [0, 0.1) is 12.3 Å². The molecule has 0 aliphatic rings. The van der Waals surface area contributed by atoms with Gasteiger partial charge in [-0.05, 0) is 42.3 Å². The van der Waals surface area contributed by atoms with Gasteiger partial charge >= 0.3 is 5.97 Å². The zero-order valence-electron chi connectivity index (χ0n) is 10.7. The van der Waals surface area contributed by atoms with Crippen molar-refractivity contribution in [2.24, 2.45) is 0 Å². The van der Waals surface area contributed by atoms with Crippen molar-refractivity contribution in [2.45, 2.75) is 6.92 Å². The van der Waals surface area contributed by atoms with Crippen LogP contribution in [0.1, 0.15) is 22.8 Å². The Labute approximate surface area is 113 Å². The van der Waals surface area contributed by atoms with Gasteiger partial charge in [0.1, 0.15) is 0 Å². The SMILES string of the molecule is C#Cc1ccc(-c2ccc(C(=O)OCC)cc2)cc1. The molecule has 0 bridgehead atoms. The third-order valence-electron chi connectivity index (χ3n) is 2.78. The van der Waals surface area contributed by atoms with Crippen LogP contribution < -0.4 is 0 Å². The van der Waals surface area contributed by atoms with E-state index in [1.807, 2.05) is 36.4 Å². The Hall–Kier alpha value is -2.53. The molecular weight excluding hydrogens is 236 g/mol. The minimum absolute atomic E-state index is 0.295. The van der Waals surface area contributed by atoms with Gasteiger partial charge in [-0.15, -0.1) is 6.42 Å². The van der Waals surface area contributed by atoms with Crippen molar-refractivity contribution < 1.29 is 9.53 Å². The highest BCUT2D eigenvalue weighted by molar-refractivity contribution is 5.90. The first kappa shape index (κ1) is 12.9. The maximum absolute atomic E-state index is 11.5. The van der Waals surface area contributed by atoms with Crippen molar-refractivity contribution in [3.05, 3.63) is 59.7 Å². The first-order valence-corrected chi connectivity index (χ1v) is 6.09. The van der Waals surface area contributed by atoms with Gasteiger partial charge in [0.15, 0.2) is 0 Å². The van der Waals surface area contributed by atoms with Crippen LogP contribution in [0.2, 0.25) is 0 Å². The smallest absolute Gasteiger partial charge is 0.338 e. The summed E-state index contributed by atoms with van der Waals surface area (Å²) in [5, 5.41) is 0. The molecule has 0 fully saturated rings. The molecule has 0 aliphatic heterocycles. The molecule has 0 spiro atoms. The second kappa shape index (κ2) is 5.88. The zero-order valence-corrected chi connectivity index (χ0v) is 10.7. The molecular formula is C17H14O2. The van der Waals surface area contributed by atoms with Gasteiger partial charge in [-0.2, -0.15) is 0 Å². The number of esters is 1. The van der Waals surface area contributed by atoms with Gasteiger partial charge in [-0.25, -0.2) is 4.79 Å². The van der Waals surface area contributed by atoms with E-state index in [9.17, 15) is 4.79 Å². The summed E-state index contributed by atoms with van der Waals surface area (Å²) in [6, 6.07) is 15.1. The Morgan fingerprint density at radius 3 is 2.05 bits per heavy atom. The molecule has 2 heteroatoms. The fourth-order valence-corrected chi connectivity index (χ4v) is 1.77. The lowest BCUT2D eigenvalue weighted by Gasteiger charge is -2.04. The van der Waals surface area contributed by atoms with Crippen molar-refractivity contribution in [2.75, 3.05) is 6.61 Å². The van der Waals surface area contributed by atoms with Gasteiger partial charge in [-0.3, -0.25) is 0 Å². The van der Waals surface area contributed by atoms with E-state index >= 15 is 0 Å². The van der Waals surface area contributed by atoms with Gasteiger partial charge in [0.05, 0.1) is 12.2 Å². The molecule has 0 saturated heterocycles. The molecule has 0 radical (unpaired) electrons. The summed E-state index contributed by atoms with van der Waals surface area (Å²) in [7, 11) is 0. The monoisotopic (exact) mass is 250 g/mol. The summed E-state index contributed by atoms with van der Waals surface area (Å²) in [6.07, 6.45) is 5.32. The molecule has 0 atom stereocenters. The minimum atomic E-state index is -0.295. The zero-order chi connectivity index (χ0) is 13.7. The van der Waals surface area contributed by atoms with E-state index in [1.165, 1.54) is 0 Å². The van der Waals surface area contributed by atoms with E-state index in [0.717, 1.165) is 16.7 Å². The summed E-state index contributed by atoms with van der Waals surface area (Å²) in [5.41, 5.74) is 3.52. The van der Waals surface area contributed by atoms with Crippen LogP contribution in [0.25, 0.3) is 11.1 Å². The van der Waals surface area contributed by atoms with Crippen molar-refractivity contribution in [1.82, 2.24) is 0 Å². The predicted molar refractivity (Wildman–Crippen MR) is 75.8 cm³/mol. The predicted octanol–water partition coefficient (Wildman–Crippen LogP) is 3.51. The Morgan fingerprint density at radius 2 is 1.58 bits per heavy atom. The number of hydrogen-bond acceptors (Lipinski definition) is 2. The van der Waals surface area contributed by atoms with Crippen LogP contribution in [0.4, 0.5) is 0 Å². The maximum atomic E-state index is 11.5. The lowest BCUT2D eigenvalue weighted by atomic mass is 10.0. The topological polar surface area (TPSA) is 26.3 Å². The second-order valence-electron chi connectivity index (χ2n) is 4.02. The van der Waals surface area contributed by atoms with Crippen molar-refractivity contribution in [1.29, 1.82) is 0 Å². The van der Waals surface area contributed by atoms with Crippen LogP contribution in [-0.2, 0) is 4.74 Å². The first-order chi connectivity index (χ1) is 9.24. The Bertz CT molecular complexity index is 601. The van der Waals surface area contributed by atoms with E-state index in [1.54, 1.807) is 19.1 Å². The third kappa shape index (κ3) is 3.02. The van der Waals surface area contributed by atoms with Crippen LogP contribution in [0.15, 0.2) is 48.5 Å². The van der Waals surface area contributed by atoms with E-state index < -0.39 is 0 Å². The number of ether oxygens (including phenoxy) is 1. The quantitative estimate of drug-likeness (QED) is 0.615. The Kier molecular flexibility index (Phi) is 4.00. The number of terminal acetylenes is 1. The molecule has 0 amide bonds. The van der Waals surface area contributed by atoms with Crippen molar-refractivity contribution >= 4 is 5.97 Å². The molecule has 2 rings (SSSR count). The lowest BCUT2D eigenvalue weighted by molar-refractivity contribution is 0.0526. The van der Waals surface area contributed by atoms with Crippen LogP contribution >= 0.6 is 0 Å². The normalized spacial score (nSPS) is 9.68. The summed E-state index contributed by atoms with van der Waals surface area (Å²) in [5.74, 6) is 2.29. The van der Waals surface area contributed by atoms with Crippen molar-refractivity contribution in [3.63, 3.8) is 0 Å². The molecule has 2 aromatic carbocycles. The van der Waals surface area contributed by atoms with Gasteiger partial charge in [0, 0.05) is 5.56 Å². The molecule has 0 aromatic heterocycles. The highest BCUT2D eigenvalue weighted by Crippen LogP contribution is 2.20. The number of benzene rings is 2. The van der Waals surface area contributed by atoms with Crippen LogP contribution in [0.3, 0.4) is 0 Å². The number of hydrogen-bond donors (Lipinski definition) is 0. The first-order valence-electron chi connectivity index (χ1n) is 6.09. The molecule has 94 valence electrons. The fraction of sp³-hybridized carbons (Fsp3) is 0.118. The molecule has 2 nitrogen and oxygen atoms in total. The average Bonchev–Trinajstić information content (AvgIpc) is 2.48. The van der Waals surface area contributed by atoms with Gasteiger partial charge in [0.25, 0.3) is 0 Å². The maximum Gasteiger partial charge on any atom is 0.338 e. The van der Waals surface area contributed by atoms with E-state index in [4.69, 9.17) is 11.2 Å². The van der Waals surface area contributed by atoms with Crippen LogP contribution in [0.5, 0.6) is 0 Å². The summed E-state index contributed by atoms with van der Waals surface area (Å²) >= 11 is 0. The van der Waals surface area contributed by atoms with Gasteiger partial charge in [0.2, 0.25) is 0 Å². The molecule has 0 unspecified atom stereocenters. The Balaban J connectivity index is 2.22. The third-order valence-corrected chi connectivity index (χ3v) is 2.78. The molecule has 0 saturated carbocycles. The summed E-state index contributed by atoms with van der Waals surface area (Å²) in [4.78, 5) is 11.5. The second-order valence-corrected chi connectivity index (χ2v) is 4.02. The summed E-state index contributed by atoms with van der Waals surface area (Å²) in [6.45, 7) is 2.17. The largest absolute Gasteiger partial charge is 0.462 e. The molecule has 19 heavy (non-hydrogen) atoms. The fourth-order valence-electron chi connectivity index (χ4n) is 1.77. The van der Waals surface area contributed by atoms with E-state index in [-0.39, 0.29) is 5.97 Å². The molecule has 0 aliphatic carbocycles. The molecule has 0 N–H and O–H groups in total. The van der Waals surface area contributed by atoms with Gasteiger partial charge < -0.3 is 4.74 Å². The molecule has 2 aromatic rings.